The minimum Gasteiger partial charge on any atom is -0.386 e. The average molecular weight is 792 g/mol. The average Bonchev–Trinajstić information content (AvgIpc) is 3.82. The second-order valence-corrected chi connectivity index (χ2v) is 16.4. The summed E-state index contributed by atoms with van der Waals surface area (Å²) in [5.41, 5.74) is 2.16. The highest BCUT2D eigenvalue weighted by Gasteiger charge is 2.33. The molecule has 1 aliphatic carbocycles. The van der Waals surface area contributed by atoms with Crippen molar-refractivity contribution in [2.45, 2.75) is 88.8 Å². The molecular formula is C43H47F2N9O4. The number of amides is 3. The number of nitrogens with one attached hydrogen (secondary N) is 2. The molecule has 1 saturated carbocycles. The number of nitrogens with zero attached hydrogens (tertiary/aromatic N) is 7. The number of anilines is 1. The fourth-order valence-electron chi connectivity index (χ4n) is 8.94. The Kier molecular flexibility index (Phi) is 10.8. The Morgan fingerprint density at radius 1 is 1.00 bits per heavy atom. The normalized spacial score (nSPS) is 21.0. The van der Waals surface area contributed by atoms with Crippen LogP contribution >= 0.6 is 0 Å². The van der Waals surface area contributed by atoms with Crippen LogP contribution in [0, 0.1) is 23.0 Å². The van der Waals surface area contributed by atoms with Crippen LogP contribution in [0.15, 0.2) is 54.9 Å². The summed E-state index contributed by atoms with van der Waals surface area (Å²) < 4.78 is 33.5. The maximum Gasteiger partial charge on any atom is 0.274 e. The van der Waals surface area contributed by atoms with Crippen LogP contribution in [-0.4, -0.2) is 90.8 Å². The van der Waals surface area contributed by atoms with E-state index in [1.165, 1.54) is 22.8 Å². The predicted molar refractivity (Wildman–Crippen MR) is 212 cm³/mol. The number of hydrogen-bond donors (Lipinski definition) is 3. The first kappa shape index (κ1) is 39.3. The maximum atomic E-state index is 15.0. The van der Waals surface area contributed by atoms with E-state index in [0.717, 1.165) is 75.7 Å². The van der Waals surface area contributed by atoms with Crippen molar-refractivity contribution in [2.75, 3.05) is 38.0 Å². The van der Waals surface area contributed by atoms with Gasteiger partial charge in [0.25, 0.3) is 5.91 Å². The molecule has 5 aromatic rings. The van der Waals surface area contributed by atoms with Gasteiger partial charge in [-0.15, -0.1) is 0 Å². The molecule has 3 fully saturated rings. The van der Waals surface area contributed by atoms with Crippen LogP contribution in [0.2, 0.25) is 0 Å². The number of benzene rings is 2. The number of rotatable bonds is 10. The van der Waals surface area contributed by atoms with Crippen LogP contribution in [0.1, 0.15) is 103 Å². The number of hydrogen-bond acceptors (Lipinski definition) is 9. The van der Waals surface area contributed by atoms with E-state index in [4.69, 9.17) is 5.10 Å². The van der Waals surface area contributed by atoms with Gasteiger partial charge in [0.05, 0.1) is 40.4 Å². The molecule has 1 atom stereocenters. The van der Waals surface area contributed by atoms with E-state index in [9.17, 15) is 33.5 Å². The Morgan fingerprint density at radius 3 is 2.41 bits per heavy atom. The van der Waals surface area contributed by atoms with Crippen molar-refractivity contribution in [2.24, 2.45) is 0 Å². The van der Waals surface area contributed by atoms with Gasteiger partial charge >= 0.3 is 0 Å². The van der Waals surface area contributed by atoms with Crippen molar-refractivity contribution in [1.29, 1.82) is 5.26 Å². The SMILES string of the molecule is CC(C)(O)c1cc2nn(C3CCC(N4CCN(CCCc5cc(F)c([C@H]6CCC(=O)NC6=O)c(F)c5)CC4)CC3)cc2cc1NC(=O)c1ccc2cc(C#N)cnn12. The molecule has 2 saturated heterocycles. The van der Waals surface area contributed by atoms with Gasteiger partial charge in [0.1, 0.15) is 23.4 Å². The molecule has 8 rings (SSSR count). The van der Waals surface area contributed by atoms with Crippen LogP contribution in [0.4, 0.5) is 14.5 Å². The first-order chi connectivity index (χ1) is 27.8. The second-order valence-electron chi connectivity index (χ2n) is 16.4. The Bertz CT molecular complexity index is 2410. The molecule has 5 heterocycles. The van der Waals surface area contributed by atoms with Crippen molar-refractivity contribution in [1.82, 2.24) is 34.5 Å². The van der Waals surface area contributed by atoms with E-state index in [0.29, 0.717) is 46.1 Å². The van der Waals surface area contributed by atoms with Crippen molar-refractivity contribution < 1.29 is 28.3 Å². The van der Waals surface area contributed by atoms with Gasteiger partial charge in [-0.3, -0.25) is 29.3 Å². The maximum absolute atomic E-state index is 15.0. The van der Waals surface area contributed by atoms with Crippen LogP contribution < -0.4 is 10.6 Å². The summed E-state index contributed by atoms with van der Waals surface area (Å²) in [6, 6.07) is 14.2. The zero-order chi connectivity index (χ0) is 40.7. The van der Waals surface area contributed by atoms with Crippen LogP contribution in [0.25, 0.3) is 16.4 Å². The molecule has 0 unspecified atom stereocenters. The second kappa shape index (κ2) is 16.0. The molecule has 13 nitrogen and oxygen atoms in total. The Morgan fingerprint density at radius 2 is 1.72 bits per heavy atom. The first-order valence-electron chi connectivity index (χ1n) is 20.1. The number of piperidine rings is 1. The highest BCUT2D eigenvalue weighted by molar-refractivity contribution is 6.05. The summed E-state index contributed by atoms with van der Waals surface area (Å²) in [7, 11) is 0. The molecular weight excluding hydrogens is 745 g/mol. The number of imide groups is 1. The van der Waals surface area contributed by atoms with Gasteiger partial charge in [-0.05, 0) is 113 Å². The lowest BCUT2D eigenvalue weighted by Crippen LogP contribution is -2.51. The molecule has 3 aliphatic rings. The molecule has 0 spiro atoms. The number of fused-ring (bicyclic) bond motifs is 2. The van der Waals surface area contributed by atoms with Crippen molar-refractivity contribution in [3.05, 3.63) is 94.4 Å². The van der Waals surface area contributed by atoms with E-state index in [1.54, 1.807) is 32.0 Å². The third kappa shape index (κ3) is 8.09. The van der Waals surface area contributed by atoms with Crippen molar-refractivity contribution in [3.63, 3.8) is 0 Å². The topological polar surface area (TPSA) is 161 Å². The number of carbonyl (C=O) groups is 3. The number of aliphatic hydroxyl groups is 1. The monoisotopic (exact) mass is 791 g/mol. The molecule has 302 valence electrons. The van der Waals surface area contributed by atoms with E-state index in [2.05, 4.69) is 31.6 Å². The number of carbonyl (C=O) groups excluding carboxylic acids is 3. The lowest BCUT2D eigenvalue weighted by molar-refractivity contribution is -0.134. The van der Waals surface area contributed by atoms with Gasteiger partial charge in [-0.2, -0.15) is 15.5 Å². The molecule has 58 heavy (non-hydrogen) atoms. The zero-order valence-electron chi connectivity index (χ0n) is 32.7. The molecule has 3 amide bonds. The first-order valence-corrected chi connectivity index (χ1v) is 20.1. The number of halogens is 2. The molecule has 15 heteroatoms. The fraction of sp³-hybridized carbons (Fsp3) is 0.442. The fourth-order valence-corrected chi connectivity index (χ4v) is 8.94. The third-order valence-electron chi connectivity index (χ3n) is 12.1. The standard InChI is InChI=1S/C43H47F2N9O4/c1-43(2,58)33-22-36-28(21-37(33)48-42(57)38-11-9-31-18-27(23-46)24-47-54(31)38)25-53(50-36)30-7-5-29(6-8-30)52-16-14-51(15-17-52)13-3-4-26-19-34(44)40(35(45)20-26)32-10-12-39(55)49-41(32)56/h9,11,18-22,24-25,29-30,32,58H,3-8,10,12-17H2,1-2H3,(H,48,57)(H,49,55,56)/t29?,30?,32-/m1/s1. The molecule has 0 radical (unpaired) electrons. The molecule has 2 aliphatic heterocycles. The summed E-state index contributed by atoms with van der Waals surface area (Å²) >= 11 is 0. The zero-order valence-corrected chi connectivity index (χ0v) is 32.7. The van der Waals surface area contributed by atoms with E-state index < -0.39 is 40.9 Å². The van der Waals surface area contributed by atoms with Crippen molar-refractivity contribution >= 4 is 39.8 Å². The van der Waals surface area contributed by atoms with Gasteiger partial charge in [-0.1, -0.05) is 0 Å². The number of piperazine rings is 1. The summed E-state index contributed by atoms with van der Waals surface area (Å²) in [6.07, 6.45) is 8.97. The van der Waals surface area contributed by atoms with Gasteiger partial charge in [0, 0.05) is 67.0 Å². The molecule has 3 N–H and O–H groups in total. The van der Waals surface area contributed by atoms with Crippen LogP contribution in [0.3, 0.4) is 0 Å². The predicted octanol–water partition coefficient (Wildman–Crippen LogP) is 5.57. The molecule has 0 bridgehead atoms. The Labute approximate surface area is 334 Å². The van der Waals surface area contributed by atoms with E-state index in [1.807, 2.05) is 23.0 Å². The minimum absolute atomic E-state index is 0.0632. The van der Waals surface area contributed by atoms with Gasteiger partial charge < -0.3 is 15.3 Å². The number of aromatic nitrogens is 4. The van der Waals surface area contributed by atoms with Gasteiger partial charge in [-0.25, -0.2) is 13.3 Å². The van der Waals surface area contributed by atoms with Crippen LogP contribution in [0.5, 0.6) is 0 Å². The minimum atomic E-state index is -1.25. The van der Waals surface area contributed by atoms with Crippen LogP contribution in [-0.2, 0) is 21.6 Å². The number of nitriles is 1. The summed E-state index contributed by atoms with van der Waals surface area (Å²) in [5.74, 6) is -3.92. The van der Waals surface area contributed by atoms with Crippen molar-refractivity contribution in [3.8, 4) is 6.07 Å². The highest BCUT2D eigenvalue weighted by Crippen LogP contribution is 2.36. The van der Waals surface area contributed by atoms with Gasteiger partial charge in [0.15, 0.2) is 0 Å². The number of aryl methyl sites for hydroxylation is 1. The third-order valence-corrected chi connectivity index (χ3v) is 12.1. The van der Waals surface area contributed by atoms with E-state index in [-0.39, 0.29) is 24.4 Å². The smallest absolute Gasteiger partial charge is 0.274 e. The summed E-state index contributed by atoms with van der Waals surface area (Å²) in [4.78, 5) is 42.2. The summed E-state index contributed by atoms with van der Waals surface area (Å²) in [6.45, 7) is 7.99. The molecule has 3 aromatic heterocycles. The Hall–Kier alpha value is -5.56. The van der Waals surface area contributed by atoms with E-state index >= 15 is 0 Å². The lowest BCUT2D eigenvalue weighted by Gasteiger charge is -2.42. The summed E-state index contributed by atoms with van der Waals surface area (Å²) in [5, 5.41) is 35.6. The largest absolute Gasteiger partial charge is 0.386 e. The molecule has 2 aromatic carbocycles. The quantitative estimate of drug-likeness (QED) is 0.154. The lowest BCUT2D eigenvalue weighted by atomic mass is 9.88. The van der Waals surface area contributed by atoms with Gasteiger partial charge in [0.2, 0.25) is 11.8 Å². The Balaban J connectivity index is 0.835. The highest BCUT2D eigenvalue weighted by atomic mass is 19.1.